The highest BCUT2D eigenvalue weighted by atomic mass is 14.2. The first-order valence-corrected chi connectivity index (χ1v) is 20.0. The van der Waals surface area contributed by atoms with Crippen LogP contribution in [0, 0.1) is 0 Å². The molecule has 10 rings (SSSR count). The van der Waals surface area contributed by atoms with E-state index < -0.39 is 0 Å². The summed E-state index contributed by atoms with van der Waals surface area (Å²) in [5.41, 5.74) is 16.9. The van der Waals surface area contributed by atoms with E-state index in [0.717, 1.165) is 0 Å². The lowest BCUT2D eigenvalue weighted by Gasteiger charge is -2.19. The Morgan fingerprint density at radius 1 is 0.241 bits per heavy atom. The Bertz CT molecular complexity index is 2930. The first kappa shape index (κ1) is 34.9. The standard InChI is InChI=1S/C58H40/c1-5-17-42(18-6-1)44-33-35-45(36-34-44)50-38-49(43-19-7-2-8-20-43)39-51(40-50)58-54-27-15-13-25-52(54)57(53-26-14-16-28-55(53)58)48-31-29-41(30-32-48)37-56(46-21-9-3-10-22-46)47-23-11-4-12-24-47/h1-40H. The summed E-state index contributed by atoms with van der Waals surface area (Å²) < 4.78 is 0. The van der Waals surface area contributed by atoms with Gasteiger partial charge in [0, 0.05) is 0 Å². The van der Waals surface area contributed by atoms with Crippen molar-refractivity contribution in [3.8, 4) is 55.6 Å². The first-order valence-electron chi connectivity index (χ1n) is 20.0. The molecule has 0 N–H and O–H groups in total. The summed E-state index contributed by atoms with van der Waals surface area (Å²) in [6, 6.07) is 85.8. The Balaban J connectivity index is 1.13. The van der Waals surface area contributed by atoms with Gasteiger partial charge in [0.05, 0.1) is 0 Å². The van der Waals surface area contributed by atoms with Crippen molar-refractivity contribution in [1.82, 2.24) is 0 Å². The second-order valence-electron chi connectivity index (χ2n) is 14.9. The Morgan fingerprint density at radius 3 is 1.00 bits per heavy atom. The van der Waals surface area contributed by atoms with Gasteiger partial charge in [0.2, 0.25) is 0 Å². The van der Waals surface area contributed by atoms with Gasteiger partial charge < -0.3 is 0 Å². The normalized spacial score (nSPS) is 11.1. The van der Waals surface area contributed by atoms with Crippen LogP contribution in [0.3, 0.4) is 0 Å². The van der Waals surface area contributed by atoms with Crippen molar-refractivity contribution in [1.29, 1.82) is 0 Å². The zero-order valence-electron chi connectivity index (χ0n) is 32.1. The maximum atomic E-state index is 2.38. The van der Waals surface area contributed by atoms with Crippen LogP contribution in [0.4, 0.5) is 0 Å². The maximum absolute atomic E-state index is 2.38. The maximum Gasteiger partial charge on any atom is -0.00259 e. The Labute approximate surface area is 340 Å². The third-order valence-corrected chi connectivity index (χ3v) is 11.3. The summed E-state index contributed by atoms with van der Waals surface area (Å²) in [5.74, 6) is 0. The molecule has 0 heterocycles. The fourth-order valence-electron chi connectivity index (χ4n) is 8.45. The van der Waals surface area contributed by atoms with Gasteiger partial charge in [-0.1, -0.05) is 218 Å². The topological polar surface area (TPSA) is 0 Å². The Morgan fingerprint density at radius 2 is 0.552 bits per heavy atom. The van der Waals surface area contributed by atoms with Crippen molar-refractivity contribution in [3.05, 3.63) is 253 Å². The fourth-order valence-corrected chi connectivity index (χ4v) is 8.45. The molecule has 0 saturated carbocycles. The molecule has 0 aliphatic carbocycles. The molecular weight excluding hydrogens is 697 g/mol. The minimum atomic E-state index is 1.17. The highest BCUT2D eigenvalue weighted by molar-refractivity contribution is 6.21. The van der Waals surface area contributed by atoms with Crippen molar-refractivity contribution in [2.75, 3.05) is 0 Å². The molecule has 58 heavy (non-hydrogen) atoms. The van der Waals surface area contributed by atoms with Crippen molar-refractivity contribution >= 4 is 33.2 Å². The third-order valence-electron chi connectivity index (χ3n) is 11.3. The molecule has 10 aromatic carbocycles. The van der Waals surface area contributed by atoms with Gasteiger partial charge in [-0.25, -0.2) is 0 Å². The van der Waals surface area contributed by atoms with Crippen LogP contribution in [-0.2, 0) is 0 Å². The molecule has 0 saturated heterocycles. The molecule has 0 unspecified atom stereocenters. The van der Waals surface area contributed by atoms with Crippen LogP contribution < -0.4 is 0 Å². The summed E-state index contributed by atoms with van der Waals surface area (Å²) in [6.45, 7) is 0. The molecule has 0 fully saturated rings. The summed E-state index contributed by atoms with van der Waals surface area (Å²) in [7, 11) is 0. The van der Waals surface area contributed by atoms with Crippen molar-refractivity contribution in [2.24, 2.45) is 0 Å². The van der Waals surface area contributed by atoms with E-state index in [1.54, 1.807) is 0 Å². The predicted octanol–water partition coefficient (Wildman–Crippen LogP) is 15.9. The van der Waals surface area contributed by atoms with Crippen LogP contribution in [-0.4, -0.2) is 0 Å². The smallest absolute Gasteiger partial charge is 0.00259 e. The average molecular weight is 737 g/mol. The zero-order valence-corrected chi connectivity index (χ0v) is 32.1. The molecule has 0 nitrogen and oxygen atoms in total. The predicted molar refractivity (Wildman–Crippen MR) is 248 cm³/mol. The van der Waals surface area contributed by atoms with E-state index in [1.165, 1.54) is 99.4 Å². The SMILES string of the molecule is C(=C(c1ccccc1)c1ccccc1)c1ccc(-c2c3ccccc3c(-c3cc(-c4ccccc4)cc(-c4ccc(-c5ccccc5)cc4)c3)c3ccccc23)cc1. The van der Waals surface area contributed by atoms with Crippen LogP contribution in [0.5, 0.6) is 0 Å². The summed E-state index contributed by atoms with van der Waals surface area (Å²) in [5, 5.41) is 4.97. The van der Waals surface area contributed by atoms with Gasteiger partial charge in [-0.05, 0) is 124 Å². The molecule has 272 valence electrons. The van der Waals surface area contributed by atoms with Gasteiger partial charge >= 0.3 is 0 Å². The number of hydrogen-bond donors (Lipinski definition) is 0. The molecule has 0 atom stereocenters. The summed E-state index contributed by atoms with van der Waals surface area (Å²) in [6.07, 6.45) is 2.31. The minimum absolute atomic E-state index is 1.17. The summed E-state index contributed by atoms with van der Waals surface area (Å²) >= 11 is 0. The second-order valence-corrected chi connectivity index (χ2v) is 14.9. The molecule has 0 radical (unpaired) electrons. The van der Waals surface area contributed by atoms with Crippen LogP contribution in [0.2, 0.25) is 0 Å². The van der Waals surface area contributed by atoms with E-state index in [2.05, 4.69) is 243 Å². The zero-order chi connectivity index (χ0) is 38.7. The van der Waals surface area contributed by atoms with Crippen LogP contribution in [0.15, 0.2) is 237 Å². The number of hydrogen-bond acceptors (Lipinski definition) is 0. The van der Waals surface area contributed by atoms with E-state index in [0.29, 0.717) is 0 Å². The van der Waals surface area contributed by atoms with Gasteiger partial charge in [-0.2, -0.15) is 0 Å². The monoisotopic (exact) mass is 736 g/mol. The fraction of sp³-hybridized carbons (Fsp3) is 0. The Hall–Kier alpha value is -7.54. The van der Waals surface area contributed by atoms with Crippen LogP contribution in [0.1, 0.15) is 16.7 Å². The van der Waals surface area contributed by atoms with Gasteiger partial charge in [-0.3, -0.25) is 0 Å². The van der Waals surface area contributed by atoms with Crippen molar-refractivity contribution < 1.29 is 0 Å². The molecule has 0 aliphatic rings. The lowest BCUT2D eigenvalue weighted by atomic mass is 9.84. The molecule has 10 aromatic rings. The van der Waals surface area contributed by atoms with Crippen molar-refractivity contribution in [3.63, 3.8) is 0 Å². The number of fused-ring (bicyclic) bond motifs is 2. The highest BCUT2D eigenvalue weighted by Crippen LogP contribution is 2.45. The minimum Gasteiger partial charge on any atom is -0.0622 e. The Kier molecular flexibility index (Phi) is 9.35. The van der Waals surface area contributed by atoms with E-state index in [-0.39, 0.29) is 0 Å². The molecule has 0 heteroatoms. The second kappa shape index (κ2) is 15.5. The van der Waals surface area contributed by atoms with Gasteiger partial charge in [0.25, 0.3) is 0 Å². The van der Waals surface area contributed by atoms with Crippen molar-refractivity contribution in [2.45, 2.75) is 0 Å². The van der Waals surface area contributed by atoms with Gasteiger partial charge in [0.15, 0.2) is 0 Å². The average Bonchev–Trinajstić information content (AvgIpc) is 3.31. The quantitative estimate of drug-likeness (QED) is 0.108. The van der Waals surface area contributed by atoms with Gasteiger partial charge in [-0.15, -0.1) is 0 Å². The molecule has 0 aliphatic heterocycles. The number of benzene rings is 10. The van der Waals surface area contributed by atoms with E-state index in [1.807, 2.05) is 0 Å². The van der Waals surface area contributed by atoms with Crippen LogP contribution >= 0.6 is 0 Å². The van der Waals surface area contributed by atoms with Gasteiger partial charge in [0.1, 0.15) is 0 Å². The van der Waals surface area contributed by atoms with E-state index >= 15 is 0 Å². The molecule has 0 aromatic heterocycles. The largest absolute Gasteiger partial charge is 0.0622 e. The highest BCUT2D eigenvalue weighted by Gasteiger charge is 2.18. The molecule has 0 spiro atoms. The third kappa shape index (κ3) is 6.83. The van der Waals surface area contributed by atoms with E-state index in [9.17, 15) is 0 Å². The molecule has 0 amide bonds. The van der Waals surface area contributed by atoms with Crippen LogP contribution in [0.25, 0.3) is 88.8 Å². The molecular formula is C58H40. The lowest BCUT2D eigenvalue weighted by Crippen LogP contribution is -1.92. The number of rotatable bonds is 8. The van der Waals surface area contributed by atoms with E-state index in [4.69, 9.17) is 0 Å². The molecule has 0 bridgehead atoms. The lowest BCUT2D eigenvalue weighted by molar-refractivity contribution is 1.55. The first-order chi connectivity index (χ1) is 28.8. The summed E-state index contributed by atoms with van der Waals surface area (Å²) in [4.78, 5) is 0.